The molecule has 0 spiro atoms. The van der Waals surface area contributed by atoms with Gasteiger partial charge in [0.25, 0.3) is 0 Å². The molecular formula is C26H26Si. The van der Waals surface area contributed by atoms with Crippen molar-refractivity contribution in [2.45, 2.75) is 19.4 Å². The molecule has 3 aromatic carbocycles. The highest BCUT2D eigenvalue weighted by atomic mass is 28.3. The molecule has 3 aromatic rings. The first-order chi connectivity index (χ1) is 13.2. The molecule has 0 N–H and O–H groups in total. The quantitative estimate of drug-likeness (QED) is 0.454. The van der Waals surface area contributed by atoms with Gasteiger partial charge < -0.3 is 0 Å². The van der Waals surface area contributed by atoms with E-state index in [4.69, 9.17) is 0 Å². The van der Waals surface area contributed by atoms with Crippen molar-refractivity contribution < 1.29 is 0 Å². The minimum absolute atomic E-state index is 0.419. The minimum Gasteiger partial charge on any atom is -0.0790 e. The number of rotatable bonds is 5. The molecular weight excluding hydrogens is 340 g/mol. The molecule has 1 aliphatic carbocycles. The van der Waals surface area contributed by atoms with E-state index in [1.54, 1.807) is 0 Å². The van der Waals surface area contributed by atoms with E-state index >= 15 is 0 Å². The van der Waals surface area contributed by atoms with Crippen molar-refractivity contribution in [3.05, 3.63) is 115 Å². The molecule has 0 radical (unpaired) electrons. The second kappa shape index (κ2) is 7.54. The second-order valence-electron chi connectivity index (χ2n) is 7.61. The molecule has 0 nitrogen and oxygen atoms in total. The van der Waals surface area contributed by atoms with Gasteiger partial charge in [-0.05, 0) is 27.1 Å². The zero-order chi connectivity index (χ0) is 18.7. The van der Waals surface area contributed by atoms with Crippen molar-refractivity contribution in [3.8, 4) is 0 Å². The Balaban J connectivity index is 2.04. The van der Waals surface area contributed by atoms with Crippen molar-refractivity contribution in [2.24, 2.45) is 5.92 Å². The Kier molecular flexibility index (Phi) is 4.96. The van der Waals surface area contributed by atoms with Crippen molar-refractivity contribution in [2.75, 3.05) is 0 Å². The van der Waals surface area contributed by atoms with Crippen LogP contribution in [0.5, 0.6) is 0 Å². The number of benzene rings is 3. The normalized spacial score (nSPS) is 16.6. The summed E-state index contributed by atoms with van der Waals surface area (Å²) >= 11 is 0. The zero-order valence-corrected chi connectivity index (χ0v) is 17.0. The lowest BCUT2D eigenvalue weighted by atomic mass is 10.1. The predicted molar refractivity (Wildman–Crippen MR) is 120 cm³/mol. The second-order valence-corrected chi connectivity index (χ2v) is 11.6. The Bertz CT molecular complexity index is 841. The van der Waals surface area contributed by atoms with Crippen LogP contribution in [0.3, 0.4) is 0 Å². The predicted octanol–water partition coefficient (Wildman–Crippen LogP) is 4.68. The molecule has 0 heterocycles. The Morgan fingerprint density at radius 2 is 1.04 bits per heavy atom. The third kappa shape index (κ3) is 3.13. The van der Waals surface area contributed by atoms with Gasteiger partial charge in [0.2, 0.25) is 0 Å². The van der Waals surface area contributed by atoms with E-state index in [0.717, 1.165) is 0 Å². The first-order valence-electron chi connectivity index (χ1n) is 9.79. The van der Waals surface area contributed by atoms with Crippen LogP contribution in [0.25, 0.3) is 0 Å². The molecule has 0 aromatic heterocycles. The summed E-state index contributed by atoms with van der Waals surface area (Å²) in [7, 11) is -2.24. The fraction of sp³-hybridized carbons (Fsp3) is 0.154. The molecule has 0 aliphatic heterocycles. The van der Waals surface area contributed by atoms with Gasteiger partial charge in [-0.3, -0.25) is 0 Å². The highest BCUT2D eigenvalue weighted by molar-refractivity contribution is 7.13. The average molecular weight is 367 g/mol. The lowest BCUT2D eigenvalue weighted by molar-refractivity contribution is 0.793. The highest BCUT2D eigenvalue weighted by Gasteiger charge is 2.45. The summed E-state index contributed by atoms with van der Waals surface area (Å²) in [6, 6.07) is 33.5. The van der Waals surface area contributed by atoms with Crippen LogP contribution in [0, 0.1) is 5.92 Å². The molecule has 4 rings (SSSR count). The van der Waals surface area contributed by atoms with E-state index in [0.29, 0.717) is 11.5 Å². The lowest BCUT2D eigenvalue weighted by Crippen LogP contribution is -2.69. The van der Waals surface area contributed by atoms with E-state index in [-0.39, 0.29) is 0 Å². The summed E-state index contributed by atoms with van der Waals surface area (Å²) in [6.07, 6.45) is 7.34. The molecule has 0 fully saturated rings. The van der Waals surface area contributed by atoms with Gasteiger partial charge in [-0.1, -0.05) is 123 Å². The molecule has 1 heteroatoms. The third-order valence-electron chi connectivity index (χ3n) is 5.72. The first kappa shape index (κ1) is 17.8. The summed E-state index contributed by atoms with van der Waals surface area (Å²) in [5.74, 6) is 0.556. The monoisotopic (exact) mass is 366 g/mol. The van der Waals surface area contributed by atoms with E-state index < -0.39 is 8.07 Å². The van der Waals surface area contributed by atoms with E-state index in [1.165, 1.54) is 21.1 Å². The fourth-order valence-electron chi connectivity index (χ4n) is 4.37. The first-order valence-corrected chi connectivity index (χ1v) is 11.9. The number of allylic oxidation sites excluding steroid dienone is 4. The average Bonchev–Trinajstić information content (AvgIpc) is 3.22. The third-order valence-corrected chi connectivity index (χ3v) is 10.8. The Labute approximate surface area is 163 Å². The van der Waals surface area contributed by atoms with Crippen molar-refractivity contribution in [3.63, 3.8) is 0 Å². The minimum atomic E-state index is -2.24. The zero-order valence-electron chi connectivity index (χ0n) is 16.0. The van der Waals surface area contributed by atoms with Crippen LogP contribution >= 0.6 is 0 Å². The van der Waals surface area contributed by atoms with Crippen molar-refractivity contribution >= 4 is 23.6 Å². The molecule has 134 valence electrons. The van der Waals surface area contributed by atoms with Crippen LogP contribution in [0.1, 0.15) is 13.8 Å². The fourth-order valence-corrected chi connectivity index (χ4v) is 9.50. The SMILES string of the molecule is CC(C)C1=CC([Si](c2ccccc2)(c2ccccc2)c2ccccc2)C=C1. The maximum absolute atomic E-state index is 2.53. The Hall–Kier alpha value is -2.64. The van der Waals surface area contributed by atoms with E-state index in [9.17, 15) is 0 Å². The molecule has 0 amide bonds. The highest BCUT2D eigenvalue weighted by Crippen LogP contribution is 2.34. The number of hydrogen-bond acceptors (Lipinski definition) is 0. The van der Waals surface area contributed by atoms with Crippen molar-refractivity contribution in [1.29, 1.82) is 0 Å². The maximum atomic E-state index is 2.53. The van der Waals surface area contributed by atoms with Crippen LogP contribution in [0.15, 0.2) is 115 Å². The van der Waals surface area contributed by atoms with Gasteiger partial charge in [0, 0.05) is 5.54 Å². The molecule has 0 bridgehead atoms. The van der Waals surface area contributed by atoms with Crippen LogP contribution in [-0.4, -0.2) is 8.07 Å². The summed E-state index contributed by atoms with van der Waals surface area (Å²) in [5, 5.41) is 4.41. The van der Waals surface area contributed by atoms with Crippen molar-refractivity contribution in [1.82, 2.24) is 0 Å². The smallest absolute Gasteiger partial charge is 0.0790 e. The van der Waals surface area contributed by atoms with Crippen LogP contribution < -0.4 is 15.6 Å². The Morgan fingerprint density at radius 3 is 1.37 bits per heavy atom. The van der Waals surface area contributed by atoms with E-state index in [2.05, 4.69) is 123 Å². The topological polar surface area (TPSA) is 0 Å². The van der Waals surface area contributed by atoms with Crippen LogP contribution in [-0.2, 0) is 0 Å². The molecule has 1 aliphatic rings. The largest absolute Gasteiger partial charge is 0.158 e. The summed E-state index contributed by atoms with van der Waals surface area (Å²) < 4.78 is 0. The van der Waals surface area contributed by atoms with Gasteiger partial charge in [-0.2, -0.15) is 0 Å². The van der Waals surface area contributed by atoms with Gasteiger partial charge in [0.1, 0.15) is 0 Å². The summed E-state index contributed by atoms with van der Waals surface area (Å²) in [4.78, 5) is 0. The summed E-state index contributed by atoms with van der Waals surface area (Å²) in [6.45, 7) is 4.57. The Morgan fingerprint density at radius 1 is 0.630 bits per heavy atom. The number of hydrogen-bond donors (Lipinski definition) is 0. The van der Waals surface area contributed by atoms with Gasteiger partial charge in [-0.25, -0.2) is 0 Å². The molecule has 1 atom stereocenters. The van der Waals surface area contributed by atoms with Gasteiger partial charge >= 0.3 is 0 Å². The standard InChI is InChI=1S/C26H26Si/c1-21(2)22-18-19-26(20-22)27(23-12-6-3-7-13-23,24-14-8-4-9-15-24)25-16-10-5-11-17-25/h3-21,26H,1-2H3. The molecule has 0 saturated carbocycles. The maximum Gasteiger partial charge on any atom is 0.158 e. The molecule has 0 saturated heterocycles. The molecule has 27 heavy (non-hydrogen) atoms. The van der Waals surface area contributed by atoms with Gasteiger partial charge in [0.15, 0.2) is 8.07 Å². The van der Waals surface area contributed by atoms with Crippen LogP contribution in [0.4, 0.5) is 0 Å². The van der Waals surface area contributed by atoms with E-state index in [1.807, 2.05) is 0 Å². The van der Waals surface area contributed by atoms with Gasteiger partial charge in [0.05, 0.1) is 0 Å². The van der Waals surface area contributed by atoms with Crippen LogP contribution in [0.2, 0.25) is 5.54 Å². The van der Waals surface area contributed by atoms with Gasteiger partial charge in [-0.15, -0.1) is 0 Å². The molecule has 1 unspecified atom stereocenters. The lowest BCUT2D eigenvalue weighted by Gasteiger charge is -2.37. The summed E-state index contributed by atoms with van der Waals surface area (Å²) in [5.41, 5.74) is 1.88.